The first-order chi connectivity index (χ1) is 9.15. The Bertz CT molecular complexity index is 365. The smallest absolute Gasteiger partial charge is 0.0175 e. The standard InChI is InChI=1S/C17H26BrN/c1-13(2)19-12-16(15-5-3-4-6-15)11-14-7-9-17(18)10-8-14/h7-10,13,15-16,19H,3-6,11-12H2,1-2H3. The molecule has 1 saturated carbocycles. The third kappa shape index (κ3) is 4.92. The van der Waals surface area contributed by atoms with Gasteiger partial charge in [0, 0.05) is 10.5 Å². The zero-order valence-electron chi connectivity index (χ0n) is 12.2. The van der Waals surface area contributed by atoms with Crippen LogP contribution in [-0.2, 0) is 6.42 Å². The van der Waals surface area contributed by atoms with Crippen molar-refractivity contribution in [1.29, 1.82) is 0 Å². The molecule has 1 aliphatic carbocycles. The Morgan fingerprint density at radius 3 is 2.37 bits per heavy atom. The minimum atomic E-state index is 0.592. The SMILES string of the molecule is CC(C)NCC(Cc1ccc(Br)cc1)C1CCCC1. The van der Waals surface area contributed by atoms with Crippen LogP contribution in [0.25, 0.3) is 0 Å². The van der Waals surface area contributed by atoms with Crippen LogP contribution >= 0.6 is 15.9 Å². The first-order valence-corrected chi connectivity index (χ1v) is 8.42. The van der Waals surface area contributed by atoms with E-state index in [1.165, 1.54) is 48.7 Å². The summed E-state index contributed by atoms with van der Waals surface area (Å²) in [6.07, 6.45) is 6.95. The molecule has 19 heavy (non-hydrogen) atoms. The molecule has 1 unspecified atom stereocenters. The lowest BCUT2D eigenvalue weighted by Gasteiger charge is -2.25. The van der Waals surface area contributed by atoms with Crippen LogP contribution in [0.3, 0.4) is 0 Å². The van der Waals surface area contributed by atoms with Crippen molar-refractivity contribution in [3.05, 3.63) is 34.3 Å². The lowest BCUT2D eigenvalue weighted by Crippen LogP contribution is -2.33. The Balaban J connectivity index is 1.97. The normalized spacial score (nSPS) is 18.1. The number of nitrogens with one attached hydrogen (secondary N) is 1. The topological polar surface area (TPSA) is 12.0 Å². The van der Waals surface area contributed by atoms with E-state index in [0.29, 0.717) is 6.04 Å². The molecule has 0 spiro atoms. The molecule has 0 saturated heterocycles. The highest BCUT2D eigenvalue weighted by Crippen LogP contribution is 2.33. The maximum Gasteiger partial charge on any atom is 0.0175 e. The largest absolute Gasteiger partial charge is 0.314 e. The van der Waals surface area contributed by atoms with Gasteiger partial charge in [0.1, 0.15) is 0 Å². The minimum Gasteiger partial charge on any atom is -0.314 e. The number of benzene rings is 1. The molecular formula is C17H26BrN. The Kier molecular flexibility index (Phi) is 5.90. The van der Waals surface area contributed by atoms with Crippen LogP contribution < -0.4 is 5.32 Å². The molecule has 0 bridgehead atoms. The molecule has 1 aromatic rings. The van der Waals surface area contributed by atoms with E-state index in [2.05, 4.69) is 59.4 Å². The van der Waals surface area contributed by atoms with Crippen molar-refractivity contribution < 1.29 is 0 Å². The second-order valence-corrected chi connectivity index (χ2v) is 7.11. The van der Waals surface area contributed by atoms with E-state index in [1.807, 2.05) is 0 Å². The third-order valence-electron chi connectivity index (χ3n) is 4.27. The van der Waals surface area contributed by atoms with Crippen molar-refractivity contribution in [3.63, 3.8) is 0 Å². The van der Waals surface area contributed by atoms with Crippen molar-refractivity contribution in [1.82, 2.24) is 5.32 Å². The van der Waals surface area contributed by atoms with Gasteiger partial charge in [-0.1, -0.05) is 67.6 Å². The van der Waals surface area contributed by atoms with Crippen LogP contribution in [-0.4, -0.2) is 12.6 Å². The zero-order chi connectivity index (χ0) is 13.7. The summed E-state index contributed by atoms with van der Waals surface area (Å²) in [7, 11) is 0. The fourth-order valence-electron chi connectivity index (χ4n) is 3.14. The Labute approximate surface area is 126 Å². The van der Waals surface area contributed by atoms with Crippen molar-refractivity contribution in [3.8, 4) is 0 Å². The second-order valence-electron chi connectivity index (χ2n) is 6.20. The monoisotopic (exact) mass is 323 g/mol. The molecule has 0 heterocycles. The van der Waals surface area contributed by atoms with Gasteiger partial charge in [-0.15, -0.1) is 0 Å². The summed E-state index contributed by atoms with van der Waals surface area (Å²) in [5.41, 5.74) is 1.48. The quantitative estimate of drug-likeness (QED) is 0.793. The van der Waals surface area contributed by atoms with E-state index in [4.69, 9.17) is 0 Å². The van der Waals surface area contributed by atoms with Crippen LogP contribution in [0.5, 0.6) is 0 Å². The Morgan fingerprint density at radius 1 is 1.16 bits per heavy atom. The van der Waals surface area contributed by atoms with Gasteiger partial charge >= 0.3 is 0 Å². The molecule has 1 nitrogen and oxygen atoms in total. The zero-order valence-corrected chi connectivity index (χ0v) is 13.7. The van der Waals surface area contributed by atoms with Gasteiger partial charge in [-0.3, -0.25) is 0 Å². The van der Waals surface area contributed by atoms with Crippen molar-refractivity contribution in [2.75, 3.05) is 6.54 Å². The fraction of sp³-hybridized carbons (Fsp3) is 0.647. The van der Waals surface area contributed by atoms with Crippen molar-refractivity contribution in [2.45, 2.75) is 52.0 Å². The Hall–Kier alpha value is -0.340. The molecule has 0 amide bonds. The highest BCUT2D eigenvalue weighted by molar-refractivity contribution is 9.10. The molecular weight excluding hydrogens is 298 g/mol. The summed E-state index contributed by atoms with van der Waals surface area (Å²) in [5.74, 6) is 1.72. The predicted octanol–water partition coefficient (Wildman–Crippen LogP) is 4.80. The highest BCUT2D eigenvalue weighted by atomic mass is 79.9. The molecule has 0 aliphatic heterocycles. The van der Waals surface area contributed by atoms with E-state index >= 15 is 0 Å². The van der Waals surface area contributed by atoms with Gasteiger partial charge in [0.25, 0.3) is 0 Å². The summed E-state index contributed by atoms with van der Waals surface area (Å²) >= 11 is 3.52. The van der Waals surface area contributed by atoms with Crippen LogP contribution in [0.2, 0.25) is 0 Å². The van der Waals surface area contributed by atoms with Crippen LogP contribution in [0.1, 0.15) is 45.1 Å². The number of hydrogen-bond donors (Lipinski definition) is 1. The van der Waals surface area contributed by atoms with Gasteiger partial charge in [0.05, 0.1) is 0 Å². The summed E-state index contributed by atoms with van der Waals surface area (Å²) in [5, 5.41) is 3.64. The van der Waals surface area contributed by atoms with Gasteiger partial charge in [-0.25, -0.2) is 0 Å². The van der Waals surface area contributed by atoms with E-state index in [-0.39, 0.29) is 0 Å². The molecule has 2 heteroatoms. The molecule has 2 rings (SSSR count). The summed E-state index contributed by atoms with van der Waals surface area (Å²) in [6, 6.07) is 9.45. The number of halogens is 1. The van der Waals surface area contributed by atoms with Crippen LogP contribution in [0.15, 0.2) is 28.7 Å². The molecule has 1 aromatic carbocycles. The van der Waals surface area contributed by atoms with Crippen molar-refractivity contribution >= 4 is 15.9 Å². The summed E-state index contributed by atoms with van der Waals surface area (Å²) in [4.78, 5) is 0. The molecule has 106 valence electrons. The highest BCUT2D eigenvalue weighted by Gasteiger charge is 2.25. The molecule has 1 aliphatic rings. The number of hydrogen-bond acceptors (Lipinski definition) is 1. The van der Waals surface area contributed by atoms with E-state index in [0.717, 1.165) is 11.8 Å². The molecule has 0 aromatic heterocycles. The van der Waals surface area contributed by atoms with Crippen molar-refractivity contribution in [2.24, 2.45) is 11.8 Å². The molecule has 1 fully saturated rings. The average molecular weight is 324 g/mol. The van der Waals surface area contributed by atoms with E-state index in [9.17, 15) is 0 Å². The van der Waals surface area contributed by atoms with Gasteiger partial charge in [-0.2, -0.15) is 0 Å². The van der Waals surface area contributed by atoms with Gasteiger partial charge in [0.15, 0.2) is 0 Å². The summed E-state index contributed by atoms with van der Waals surface area (Å²) < 4.78 is 1.17. The van der Waals surface area contributed by atoms with Gasteiger partial charge in [-0.05, 0) is 42.5 Å². The first kappa shape index (κ1) is 15.1. The summed E-state index contributed by atoms with van der Waals surface area (Å²) in [6.45, 7) is 5.65. The maximum absolute atomic E-state index is 3.64. The Morgan fingerprint density at radius 2 is 1.79 bits per heavy atom. The fourth-order valence-corrected chi connectivity index (χ4v) is 3.41. The molecule has 1 atom stereocenters. The van der Waals surface area contributed by atoms with E-state index in [1.54, 1.807) is 0 Å². The van der Waals surface area contributed by atoms with Crippen LogP contribution in [0.4, 0.5) is 0 Å². The molecule has 0 radical (unpaired) electrons. The minimum absolute atomic E-state index is 0.592. The lowest BCUT2D eigenvalue weighted by atomic mass is 9.85. The second kappa shape index (κ2) is 7.44. The average Bonchev–Trinajstić information content (AvgIpc) is 2.90. The third-order valence-corrected chi connectivity index (χ3v) is 4.79. The first-order valence-electron chi connectivity index (χ1n) is 7.63. The number of rotatable bonds is 6. The van der Waals surface area contributed by atoms with E-state index < -0.39 is 0 Å². The van der Waals surface area contributed by atoms with Crippen LogP contribution in [0, 0.1) is 11.8 Å². The maximum atomic E-state index is 3.64. The lowest BCUT2D eigenvalue weighted by molar-refractivity contribution is 0.313. The predicted molar refractivity (Wildman–Crippen MR) is 86.4 cm³/mol. The van der Waals surface area contributed by atoms with Gasteiger partial charge in [0.2, 0.25) is 0 Å². The van der Waals surface area contributed by atoms with Gasteiger partial charge < -0.3 is 5.32 Å². The molecule has 1 N–H and O–H groups in total.